The lowest BCUT2D eigenvalue weighted by Gasteiger charge is -2.36. The first-order chi connectivity index (χ1) is 24.0. The van der Waals surface area contributed by atoms with Gasteiger partial charge < -0.3 is 20.4 Å². The summed E-state index contributed by atoms with van der Waals surface area (Å²) in [5.41, 5.74) is 2.48. The summed E-state index contributed by atoms with van der Waals surface area (Å²) < 4.78 is 45.1. The van der Waals surface area contributed by atoms with E-state index < -0.39 is 28.9 Å². The Morgan fingerprint density at radius 3 is 2.48 bits per heavy atom. The molecule has 0 bridgehead atoms. The molecule has 2 N–H and O–H groups in total. The Morgan fingerprint density at radius 1 is 1.02 bits per heavy atom. The van der Waals surface area contributed by atoms with Crippen molar-refractivity contribution in [2.75, 3.05) is 43.9 Å². The number of hydrogen-bond donors (Lipinski definition) is 2. The molecule has 0 spiro atoms. The summed E-state index contributed by atoms with van der Waals surface area (Å²) in [5, 5.41) is 5.96. The van der Waals surface area contributed by atoms with E-state index >= 15 is 4.39 Å². The van der Waals surface area contributed by atoms with Crippen molar-refractivity contribution in [3.05, 3.63) is 111 Å². The second-order valence-electron chi connectivity index (χ2n) is 12.5. The molecule has 0 aliphatic carbocycles. The number of likely N-dealkylation sites (tertiary alicyclic amines) is 1. The first-order valence-electron chi connectivity index (χ1n) is 16.2. The lowest BCUT2D eigenvalue weighted by molar-refractivity contribution is 0.0956. The van der Waals surface area contributed by atoms with Crippen LogP contribution in [0.3, 0.4) is 0 Å². The van der Waals surface area contributed by atoms with Gasteiger partial charge in [0, 0.05) is 43.4 Å². The fourth-order valence-corrected chi connectivity index (χ4v) is 6.10. The smallest absolute Gasteiger partial charge is 0.280 e. The normalized spacial score (nSPS) is 13.6. The van der Waals surface area contributed by atoms with Gasteiger partial charge in [-0.1, -0.05) is 17.9 Å². The number of aromatic nitrogens is 4. The highest BCUT2D eigenvalue weighted by Crippen LogP contribution is 2.25. The van der Waals surface area contributed by atoms with E-state index in [1.54, 1.807) is 20.0 Å². The number of benzene rings is 3. The van der Waals surface area contributed by atoms with Crippen LogP contribution in [0.15, 0.2) is 65.6 Å². The van der Waals surface area contributed by atoms with Crippen molar-refractivity contribution < 1.29 is 18.0 Å². The number of nitrogens with one attached hydrogen (secondary N) is 2. The van der Waals surface area contributed by atoms with Crippen LogP contribution in [0, 0.1) is 36.2 Å². The number of carbonyl (C=O) groups excluding carboxylic acids is 1. The van der Waals surface area contributed by atoms with E-state index in [0.29, 0.717) is 28.8 Å². The van der Waals surface area contributed by atoms with Crippen LogP contribution >= 0.6 is 0 Å². The van der Waals surface area contributed by atoms with Gasteiger partial charge >= 0.3 is 0 Å². The molecule has 258 valence electrons. The van der Waals surface area contributed by atoms with Crippen LogP contribution in [0.1, 0.15) is 40.0 Å². The molecule has 10 nitrogen and oxygen atoms in total. The largest absolute Gasteiger partial charge is 0.372 e. The van der Waals surface area contributed by atoms with E-state index in [1.807, 2.05) is 12.1 Å². The Labute approximate surface area is 287 Å². The molecule has 13 heteroatoms. The summed E-state index contributed by atoms with van der Waals surface area (Å²) in [4.78, 5) is 39.4. The van der Waals surface area contributed by atoms with Crippen LogP contribution < -0.4 is 21.1 Å². The minimum Gasteiger partial charge on any atom is -0.372 e. The number of fused-ring (bicyclic) bond motifs is 1. The van der Waals surface area contributed by atoms with E-state index in [9.17, 15) is 18.4 Å². The highest BCUT2D eigenvalue weighted by molar-refractivity contribution is 5.95. The number of carbonyl (C=O) groups is 1. The number of anilines is 3. The molecule has 1 fully saturated rings. The number of halogens is 3. The topological polar surface area (TPSA) is 100 Å². The van der Waals surface area contributed by atoms with Crippen LogP contribution in [0.25, 0.3) is 10.9 Å². The average Bonchev–Trinajstić information content (AvgIpc) is 3.32. The summed E-state index contributed by atoms with van der Waals surface area (Å²) >= 11 is 0. The Bertz CT molecular complexity index is 2180. The van der Waals surface area contributed by atoms with Gasteiger partial charge in [-0.3, -0.25) is 14.3 Å². The molecule has 3 aromatic carbocycles. The summed E-state index contributed by atoms with van der Waals surface area (Å²) in [7, 11) is 5.87. The van der Waals surface area contributed by atoms with Crippen molar-refractivity contribution in [3.8, 4) is 11.8 Å². The van der Waals surface area contributed by atoms with Gasteiger partial charge in [0.2, 0.25) is 5.95 Å². The number of amides is 1. The monoisotopic (exact) mass is 682 g/mol. The van der Waals surface area contributed by atoms with Crippen LogP contribution in [0.4, 0.5) is 30.5 Å². The summed E-state index contributed by atoms with van der Waals surface area (Å²) in [6.07, 6.45) is 3.66. The summed E-state index contributed by atoms with van der Waals surface area (Å²) in [6, 6.07) is 15.1. The highest BCUT2D eigenvalue weighted by Gasteiger charge is 2.22. The molecule has 1 saturated heterocycles. The Kier molecular flexibility index (Phi) is 9.92. The zero-order chi connectivity index (χ0) is 35.5. The molecule has 3 heterocycles. The van der Waals surface area contributed by atoms with Crippen LogP contribution in [-0.2, 0) is 13.6 Å². The van der Waals surface area contributed by atoms with Crippen molar-refractivity contribution in [1.29, 1.82) is 0 Å². The predicted octanol–water partition coefficient (Wildman–Crippen LogP) is 4.96. The van der Waals surface area contributed by atoms with Crippen molar-refractivity contribution in [1.82, 2.24) is 29.5 Å². The van der Waals surface area contributed by atoms with Gasteiger partial charge in [-0.05, 0) is 94.0 Å². The minimum atomic E-state index is -1.03. The van der Waals surface area contributed by atoms with E-state index in [1.165, 1.54) is 27.7 Å². The number of hydrogen-bond acceptors (Lipinski definition) is 7. The van der Waals surface area contributed by atoms with Gasteiger partial charge in [0.05, 0.1) is 29.6 Å². The van der Waals surface area contributed by atoms with Crippen LogP contribution in [0.2, 0.25) is 0 Å². The maximum absolute atomic E-state index is 15.4. The molecular weight excluding hydrogens is 645 g/mol. The van der Waals surface area contributed by atoms with E-state index in [-0.39, 0.29) is 29.6 Å². The zero-order valence-corrected chi connectivity index (χ0v) is 28.2. The van der Waals surface area contributed by atoms with E-state index in [2.05, 4.69) is 68.5 Å². The second-order valence-corrected chi connectivity index (χ2v) is 12.5. The third-order valence-electron chi connectivity index (χ3n) is 9.23. The molecule has 1 aliphatic rings. The van der Waals surface area contributed by atoms with E-state index in [4.69, 9.17) is 0 Å². The van der Waals surface area contributed by atoms with E-state index in [0.717, 1.165) is 49.4 Å². The van der Waals surface area contributed by atoms with Gasteiger partial charge in [-0.15, -0.1) is 0 Å². The number of rotatable bonds is 8. The number of nitrogens with zero attached hydrogens (tertiary/aromatic N) is 6. The number of piperidine rings is 1. The fourth-order valence-electron chi connectivity index (χ4n) is 6.10. The Balaban J connectivity index is 1.08. The molecule has 1 aliphatic heterocycles. The third-order valence-corrected chi connectivity index (χ3v) is 9.23. The first-order valence-corrected chi connectivity index (χ1v) is 16.2. The SMILES string of the molecule is Cc1c(C(=O)NCC#Cc2ccc3nc(Nc4ccc(N(C)C5CCN(C)CC5)cc4)ncc3c2F)c(=O)n(Cc2ccc(F)c(F)c2)n1C. The standard InChI is InChI=1S/C37H37F3N8O2/c1-23-33(36(50)48(47(23)4)22-24-7-13-30(38)31(39)20-24)35(49)41-17-5-6-25-8-14-32-29(34(25)40)21-42-37(44-32)43-26-9-11-27(12-10-26)46(3)28-15-18-45(2)19-16-28/h7-14,20-21,28H,15-19,22H2,1-4H3,(H,41,49)(H,42,43,44). The molecule has 0 unspecified atom stereocenters. The van der Waals surface area contributed by atoms with Gasteiger partial charge in [0.1, 0.15) is 11.4 Å². The van der Waals surface area contributed by atoms with Crippen LogP contribution in [-0.4, -0.2) is 69.9 Å². The molecule has 6 rings (SSSR count). The average molecular weight is 683 g/mol. The Morgan fingerprint density at radius 2 is 1.76 bits per heavy atom. The molecule has 5 aromatic rings. The first kappa shape index (κ1) is 34.3. The fraction of sp³-hybridized carbons (Fsp3) is 0.297. The van der Waals surface area contributed by atoms with Crippen molar-refractivity contribution in [3.63, 3.8) is 0 Å². The molecule has 2 aromatic heterocycles. The predicted molar refractivity (Wildman–Crippen MR) is 187 cm³/mol. The molecule has 0 radical (unpaired) electrons. The third kappa shape index (κ3) is 7.21. The molecule has 0 saturated carbocycles. The van der Waals surface area contributed by atoms with Gasteiger partial charge in [0.15, 0.2) is 11.6 Å². The lowest BCUT2D eigenvalue weighted by Crippen LogP contribution is -2.41. The van der Waals surface area contributed by atoms with Crippen LogP contribution in [0.5, 0.6) is 0 Å². The highest BCUT2D eigenvalue weighted by atomic mass is 19.2. The summed E-state index contributed by atoms with van der Waals surface area (Å²) in [5.74, 6) is 2.51. The Hall–Kier alpha value is -5.61. The minimum absolute atomic E-state index is 0.0628. The summed E-state index contributed by atoms with van der Waals surface area (Å²) in [6.45, 7) is 3.57. The van der Waals surface area contributed by atoms with Crippen molar-refractivity contribution in [2.24, 2.45) is 7.05 Å². The quantitative estimate of drug-likeness (QED) is 0.223. The van der Waals surface area contributed by atoms with Crippen molar-refractivity contribution in [2.45, 2.75) is 32.4 Å². The van der Waals surface area contributed by atoms with Gasteiger partial charge in [-0.25, -0.2) is 27.8 Å². The molecule has 50 heavy (non-hydrogen) atoms. The van der Waals surface area contributed by atoms with Gasteiger partial charge in [0.25, 0.3) is 11.5 Å². The maximum Gasteiger partial charge on any atom is 0.280 e. The maximum atomic E-state index is 15.4. The molecule has 1 amide bonds. The van der Waals surface area contributed by atoms with Gasteiger partial charge in [-0.2, -0.15) is 0 Å². The molecular formula is C37H37F3N8O2. The molecule has 0 atom stereocenters. The zero-order valence-electron chi connectivity index (χ0n) is 28.2. The lowest BCUT2D eigenvalue weighted by atomic mass is 10.0. The second kappa shape index (κ2) is 14.5. The van der Waals surface area contributed by atoms with Crippen molar-refractivity contribution >= 4 is 34.1 Å².